The summed E-state index contributed by atoms with van der Waals surface area (Å²) < 4.78 is 5.34. The normalized spacial score (nSPS) is 21.0. The number of nitrogens with one attached hydrogen (secondary N) is 1. The molecular weight excluding hydrogens is 232 g/mol. The fourth-order valence-corrected chi connectivity index (χ4v) is 2.03. The van der Waals surface area contributed by atoms with E-state index in [1.165, 1.54) is 0 Å². The lowest BCUT2D eigenvalue weighted by molar-refractivity contribution is -0.135. The molecule has 0 saturated carbocycles. The van der Waals surface area contributed by atoms with Crippen LogP contribution in [-0.4, -0.2) is 55.0 Å². The number of nitrogens with zero attached hydrogens (tertiary/aromatic N) is 1. The van der Waals surface area contributed by atoms with Crippen LogP contribution in [0.5, 0.6) is 0 Å². The molecule has 1 fully saturated rings. The summed E-state index contributed by atoms with van der Waals surface area (Å²) in [6.45, 7) is 7.80. The summed E-state index contributed by atoms with van der Waals surface area (Å²) >= 11 is 0. The molecule has 1 atom stereocenters. The van der Waals surface area contributed by atoms with Gasteiger partial charge in [0.25, 0.3) is 0 Å². The highest BCUT2D eigenvalue weighted by atomic mass is 16.5. The minimum Gasteiger partial charge on any atom is -0.378 e. The summed E-state index contributed by atoms with van der Waals surface area (Å²) in [4.78, 5) is 25.6. The highest BCUT2D eigenvalue weighted by Crippen LogP contribution is 2.08. The third kappa shape index (κ3) is 4.74. The van der Waals surface area contributed by atoms with Gasteiger partial charge in [-0.1, -0.05) is 6.92 Å². The van der Waals surface area contributed by atoms with Crippen LogP contribution in [-0.2, 0) is 14.3 Å². The zero-order valence-electron chi connectivity index (χ0n) is 11.6. The zero-order chi connectivity index (χ0) is 13.5. The maximum atomic E-state index is 12.0. The molecule has 0 aromatic carbocycles. The summed E-state index contributed by atoms with van der Waals surface area (Å²) in [5.41, 5.74) is 0. The van der Waals surface area contributed by atoms with Crippen LogP contribution in [0.4, 0.5) is 0 Å². The molecule has 104 valence electrons. The zero-order valence-corrected chi connectivity index (χ0v) is 11.6. The monoisotopic (exact) mass is 256 g/mol. The molecule has 1 unspecified atom stereocenters. The first kappa shape index (κ1) is 15.1. The van der Waals surface area contributed by atoms with Crippen LogP contribution in [0.3, 0.4) is 0 Å². The molecule has 1 heterocycles. The van der Waals surface area contributed by atoms with Crippen molar-refractivity contribution in [1.82, 2.24) is 10.2 Å². The number of Topliss-reactive ketones (excluding diaryl/α,β-unsaturated/α-hetero) is 1. The number of hydrogen-bond donors (Lipinski definition) is 1. The molecule has 1 rings (SSSR count). The standard InChI is InChI=1S/C13H24N2O3/c1-4-5-11(16)8-15-6-7-18-9-12(15)13(17)14-10(2)3/h10,12H,4-9H2,1-3H3,(H,14,17). The number of ether oxygens (including phenoxy) is 1. The Labute approximate surface area is 109 Å². The van der Waals surface area contributed by atoms with Gasteiger partial charge >= 0.3 is 0 Å². The van der Waals surface area contributed by atoms with Crippen LogP contribution in [0.1, 0.15) is 33.6 Å². The Morgan fingerprint density at radius 1 is 1.44 bits per heavy atom. The molecule has 0 aliphatic carbocycles. The lowest BCUT2D eigenvalue weighted by Gasteiger charge is -2.34. The van der Waals surface area contributed by atoms with Gasteiger partial charge < -0.3 is 10.1 Å². The lowest BCUT2D eigenvalue weighted by Crippen LogP contribution is -2.55. The molecular formula is C13H24N2O3. The molecule has 5 nitrogen and oxygen atoms in total. The first-order chi connectivity index (χ1) is 8.54. The van der Waals surface area contributed by atoms with Gasteiger partial charge in [-0.15, -0.1) is 0 Å². The van der Waals surface area contributed by atoms with E-state index in [9.17, 15) is 9.59 Å². The number of morpholine rings is 1. The predicted octanol–water partition coefficient (Wildman–Crippen LogP) is 0.581. The van der Waals surface area contributed by atoms with Crippen LogP contribution in [0.25, 0.3) is 0 Å². The molecule has 0 aromatic rings. The number of hydrogen-bond acceptors (Lipinski definition) is 4. The van der Waals surface area contributed by atoms with Gasteiger partial charge in [-0.25, -0.2) is 0 Å². The lowest BCUT2D eigenvalue weighted by atomic mass is 10.1. The first-order valence-corrected chi connectivity index (χ1v) is 6.68. The van der Waals surface area contributed by atoms with Crippen LogP contribution >= 0.6 is 0 Å². The number of amides is 1. The van der Waals surface area contributed by atoms with Crippen molar-refractivity contribution >= 4 is 11.7 Å². The van der Waals surface area contributed by atoms with Crippen molar-refractivity contribution in [2.45, 2.75) is 45.7 Å². The fraction of sp³-hybridized carbons (Fsp3) is 0.846. The topological polar surface area (TPSA) is 58.6 Å². The molecule has 5 heteroatoms. The second-order valence-corrected chi connectivity index (χ2v) is 5.01. The van der Waals surface area contributed by atoms with Gasteiger partial charge in [0.05, 0.1) is 19.8 Å². The van der Waals surface area contributed by atoms with E-state index in [2.05, 4.69) is 5.32 Å². The van der Waals surface area contributed by atoms with E-state index in [0.717, 1.165) is 6.42 Å². The third-order valence-electron chi connectivity index (χ3n) is 2.88. The van der Waals surface area contributed by atoms with Crippen molar-refractivity contribution < 1.29 is 14.3 Å². The van der Waals surface area contributed by atoms with Crippen molar-refractivity contribution in [3.63, 3.8) is 0 Å². The Hall–Kier alpha value is -0.940. The average Bonchev–Trinajstić information content (AvgIpc) is 2.28. The summed E-state index contributed by atoms with van der Waals surface area (Å²) in [7, 11) is 0. The van der Waals surface area contributed by atoms with E-state index in [1.54, 1.807) is 0 Å². The molecule has 1 aliphatic heterocycles. The third-order valence-corrected chi connectivity index (χ3v) is 2.88. The first-order valence-electron chi connectivity index (χ1n) is 6.68. The van der Waals surface area contributed by atoms with Gasteiger partial charge in [-0.05, 0) is 20.3 Å². The SMILES string of the molecule is CCCC(=O)CN1CCOCC1C(=O)NC(C)C. The van der Waals surface area contributed by atoms with E-state index in [1.807, 2.05) is 25.7 Å². The van der Waals surface area contributed by atoms with Crippen LogP contribution < -0.4 is 5.32 Å². The number of rotatable bonds is 6. The molecule has 0 spiro atoms. The maximum absolute atomic E-state index is 12.0. The summed E-state index contributed by atoms with van der Waals surface area (Å²) in [5, 5.41) is 2.88. The van der Waals surface area contributed by atoms with Gasteiger partial charge in [0.2, 0.25) is 5.91 Å². The fourth-order valence-electron chi connectivity index (χ4n) is 2.03. The molecule has 0 aromatic heterocycles. The molecule has 1 saturated heterocycles. The Kier molecular flexibility index (Phi) is 6.29. The minimum atomic E-state index is -0.332. The summed E-state index contributed by atoms with van der Waals surface area (Å²) in [6.07, 6.45) is 1.43. The van der Waals surface area contributed by atoms with Crippen LogP contribution in [0.2, 0.25) is 0 Å². The van der Waals surface area contributed by atoms with E-state index in [-0.39, 0.29) is 23.8 Å². The van der Waals surface area contributed by atoms with E-state index < -0.39 is 0 Å². The average molecular weight is 256 g/mol. The van der Waals surface area contributed by atoms with E-state index in [4.69, 9.17) is 4.74 Å². The Balaban J connectivity index is 2.56. The Morgan fingerprint density at radius 2 is 2.17 bits per heavy atom. The van der Waals surface area contributed by atoms with Gasteiger partial charge in [0, 0.05) is 19.0 Å². The van der Waals surface area contributed by atoms with Crippen molar-refractivity contribution in [2.24, 2.45) is 0 Å². The Morgan fingerprint density at radius 3 is 2.78 bits per heavy atom. The predicted molar refractivity (Wildman–Crippen MR) is 69.4 cm³/mol. The van der Waals surface area contributed by atoms with Crippen molar-refractivity contribution in [2.75, 3.05) is 26.3 Å². The number of carbonyl (C=O) groups is 2. The van der Waals surface area contributed by atoms with Gasteiger partial charge in [-0.3, -0.25) is 14.5 Å². The maximum Gasteiger partial charge on any atom is 0.239 e. The van der Waals surface area contributed by atoms with E-state index >= 15 is 0 Å². The van der Waals surface area contributed by atoms with Gasteiger partial charge in [0.1, 0.15) is 11.8 Å². The number of carbonyl (C=O) groups excluding carboxylic acids is 2. The van der Waals surface area contributed by atoms with Crippen LogP contribution in [0, 0.1) is 0 Å². The molecule has 18 heavy (non-hydrogen) atoms. The minimum absolute atomic E-state index is 0.0472. The van der Waals surface area contributed by atoms with Crippen molar-refractivity contribution in [3.05, 3.63) is 0 Å². The molecule has 0 radical (unpaired) electrons. The number of ketones is 1. The van der Waals surface area contributed by atoms with Crippen molar-refractivity contribution in [1.29, 1.82) is 0 Å². The van der Waals surface area contributed by atoms with Gasteiger partial charge in [-0.2, -0.15) is 0 Å². The second kappa shape index (κ2) is 7.48. The second-order valence-electron chi connectivity index (χ2n) is 5.01. The van der Waals surface area contributed by atoms with Crippen LogP contribution in [0.15, 0.2) is 0 Å². The molecule has 1 N–H and O–H groups in total. The largest absolute Gasteiger partial charge is 0.378 e. The molecule has 1 amide bonds. The highest BCUT2D eigenvalue weighted by Gasteiger charge is 2.30. The van der Waals surface area contributed by atoms with Gasteiger partial charge in [0.15, 0.2) is 0 Å². The summed E-state index contributed by atoms with van der Waals surface area (Å²) in [5.74, 6) is 0.149. The Bertz CT molecular complexity index is 292. The highest BCUT2D eigenvalue weighted by molar-refractivity contribution is 5.84. The summed E-state index contributed by atoms with van der Waals surface area (Å²) in [6, 6.07) is -0.227. The quantitative estimate of drug-likeness (QED) is 0.755. The molecule has 0 bridgehead atoms. The molecule has 1 aliphatic rings. The van der Waals surface area contributed by atoms with Crippen molar-refractivity contribution in [3.8, 4) is 0 Å². The smallest absolute Gasteiger partial charge is 0.239 e. The van der Waals surface area contributed by atoms with E-state index in [0.29, 0.717) is 32.7 Å².